The number of nitrogen functional groups attached to an aromatic ring is 1. The Morgan fingerprint density at radius 1 is 1.38 bits per heavy atom. The van der Waals surface area contributed by atoms with Crippen molar-refractivity contribution in [3.63, 3.8) is 0 Å². The van der Waals surface area contributed by atoms with E-state index in [2.05, 4.69) is 16.9 Å². The van der Waals surface area contributed by atoms with E-state index >= 15 is 0 Å². The van der Waals surface area contributed by atoms with Gasteiger partial charge in [0, 0.05) is 17.6 Å². The van der Waals surface area contributed by atoms with Crippen molar-refractivity contribution < 1.29 is 0 Å². The summed E-state index contributed by atoms with van der Waals surface area (Å²) in [4.78, 5) is 8.38. The van der Waals surface area contributed by atoms with Crippen LogP contribution in [0.2, 0.25) is 0 Å². The van der Waals surface area contributed by atoms with Crippen molar-refractivity contribution in [2.24, 2.45) is 5.92 Å². The molecule has 0 aliphatic heterocycles. The summed E-state index contributed by atoms with van der Waals surface area (Å²) in [6, 6.07) is 0. The van der Waals surface area contributed by atoms with E-state index in [0.717, 1.165) is 10.9 Å². The average Bonchev–Trinajstić information content (AvgIpc) is 2.32. The fraction of sp³-hybridized carbons (Fsp3) is 0.667. The minimum atomic E-state index is 0.575. The smallest absolute Gasteiger partial charge is 0.156 e. The Bertz CT molecular complexity index is 343. The second-order valence-electron chi connectivity index (χ2n) is 4.43. The van der Waals surface area contributed by atoms with E-state index < -0.39 is 0 Å². The van der Waals surface area contributed by atoms with Gasteiger partial charge in [0.15, 0.2) is 5.82 Å². The molecule has 2 rings (SSSR count). The van der Waals surface area contributed by atoms with Gasteiger partial charge in [-0.2, -0.15) is 0 Å². The minimum absolute atomic E-state index is 0.575. The Balaban J connectivity index is 1.97. The van der Waals surface area contributed by atoms with Crippen molar-refractivity contribution in [3.05, 3.63) is 12.4 Å². The number of thioether (sulfide) groups is 1. The van der Waals surface area contributed by atoms with Gasteiger partial charge < -0.3 is 5.73 Å². The first-order chi connectivity index (χ1) is 7.79. The summed E-state index contributed by atoms with van der Waals surface area (Å²) >= 11 is 1.81. The average molecular weight is 237 g/mol. The molecule has 0 saturated heterocycles. The van der Waals surface area contributed by atoms with E-state index in [1.54, 1.807) is 12.4 Å². The molecule has 1 aromatic rings. The summed E-state index contributed by atoms with van der Waals surface area (Å²) < 4.78 is 0. The largest absolute Gasteiger partial charge is 0.381 e. The molecule has 4 heteroatoms. The summed E-state index contributed by atoms with van der Waals surface area (Å²) in [6.07, 6.45) is 10.00. The van der Waals surface area contributed by atoms with E-state index in [4.69, 9.17) is 5.73 Å². The van der Waals surface area contributed by atoms with E-state index in [1.165, 1.54) is 32.1 Å². The van der Waals surface area contributed by atoms with E-state index in [-0.39, 0.29) is 0 Å². The second-order valence-corrected chi connectivity index (χ2v) is 5.72. The van der Waals surface area contributed by atoms with Crippen molar-refractivity contribution in [2.45, 2.75) is 49.3 Å². The first kappa shape index (κ1) is 11.7. The molecule has 88 valence electrons. The molecule has 0 radical (unpaired) electrons. The predicted molar refractivity (Wildman–Crippen MR) is 68.3 cm³/mol. The molecular weight excluding hydrogens is 218 g/mol. The van der Waals surface area contributed by atoms with Crippen LogP contribution in [0.1, 0.15) is 39.0 Å². The molecule has 0 spiro atoms. The normalized spacial score (nSPS) is 25.6. The van der Waals surface area contributed by atoms with E-state index in [1.807, 2.05) is 11.8 Å². The van der Waals surface area contributed by atoms with Crippen molar-refractivity contribution in [1.82, 2.24) is 9.97 Å². The highest BCUT2D eigenvalue weighted by atomic mass is 32.2. The lowest BCUT2D eigenvalue weighted by atomic mass is 9.87. The second kappa shape index (κ2) is 5.53. The van der Waals surface area contributed by atoms with Gasteiger partial charge in [-0.3, -0.25) is 0 Å². The summed E-state index contributed by atoms with van der Waals surface area (Å²) in [5, 5.41) is 1.59. The van der Waals surface area contributed by atoms with Gasteiger partial charge in [-0.25, -0.2) is 9.97 Å². The molecule has 2 atom stereocenters. The van der Waals surface area contributed by atoms with Gasteiger partial charge in [-0.15, -0.1) is 0 Å². The predicted octanol–water partition coefficient (Wildman–Crippen LogP) is 3.12. The SMILES string of the molecule is CCC1CCCC(Sc2nccnc2N)C1. The molecule has 1 aliphatic carbocycles. The highest BCUT2D eigenvalue weighted by Crippen LogP contribution is 2.37. The lowest BCUT2D eigenvalue weighted by molar-refractivity contribution is 0.357. The molecule has 2 unspecified atom stereocenters. The highest BCUT2D eigenvalue weighted by Gasteiger charge is 2.22. The van der Waals surface area contributed by atoms with Gasteiger partial charge in [0.25, 0.3) is 0 Å². The van der Waals surface area contributed by atoms with Crippen LogP contribution < -0.4 is 5.73 Å². The molecule has 1 heterocycles. The van der Waals surface area contributed by atoms with Crippen LogP contribution in [-0.2, 0) is 0 Å². The van der Waals surface area contributed by atoms with E-state index in [9.17, 15) is 0 Å². The third-order valence-electron chi connectivity index (χ3n) is 3.28. The quantitative estimate of drug-likeness (QED) is 0.877. The van der Waals surface area contributed by atoms with Gasteiger partial charge >= 0.3 is 0 Å². The van der Waals surface area contributed by atoms with Crippen LogP contribution in [0.15, 0.2) is 17.4 Å². The molecule has 1 aliphatic rings. The van der Waals surface area contributed by atoms with Crippen LogP contribution in [-0.4, -0.2) is 15.2 Å². The molecular formula is C12H19N3S. The Kier molecular flexibility index (Phi) is 4.04. The molecule has 2 N–H and O–H groups in total. The topological polar surface area (TPSA) is 51.8 Å². The molecule has 16 heavy (non-hydrogen) atoms. The minimum Gasteiger partial charge on any atom is -0.381 e. The number of nitrogens with zero attached hydrogens (tertiary/aromatic N) is 2. The maximum Gasteiger partial charge on any atom is 0.156 e. The molecule has 1 fully saturated rings. The number of hydrogen-bond donors (Lipinski definition) is 1. The molecule has 0 aromatic carbocycles. The Hall–Kier alpha value is -0.770. The zero-order valence-electron chi connectivity index (χ0n) is 9.72. The molecule has 1 aromatic heterocycles. The molecule has 1 saturated carbocycles. The van der Waals surface area contributed by atoms with Gasteiger partial charge in [0.05, 0.1) is 0 Å². The third-order valence-corrected chi connectivity index (χ3v) is 4.58. The van der Waals surface area contributed by atoms with Crippen molar-refractivity contribution in [2.75, 3.05) is 5.73 Å². The summed E-state index contributed by atoms with van der Waals surface area (Å²) in [6.45, 7) is 2.29. The maximum absolute atomic E-state index is 5.81. The van der Waals surface area contributed by atoms with Gasteiger partial charge in [-0.1, -0.05) is 37.9 Å². The van der Waals surface area contributed by atoms with Crippen LogP contribution in [0.4, 0.5) is 5.82 Å². The fourth-order valence-corrected chi connectivity index (χ4v) is 3.57. The molecule has 3 nitrogen and oxygen atoms in total. The fourth-order valence-electron chi connectivity index (χ4n) is 2.30. The third kappa shape index (κ3) is 2.88. The van der Waals surface area contributed by atoms with Crippen LogP contribution in [0.5, 0.6) is 0 Å². The highest BCUT2D eigenvalue weighted by molar-refractivity contribution is 8.00. The maximum atomic E-state index is 5.81. The Morgan fingerprint density at radius 2 is 2.19 bits per heavy atom. The lowest BCUT2D eigenvalue weighted by Crippen LogP contribution is -2.17. The summed E-state index contributed by atoms with van der Waals surface area (Å²) in [5.74, 6) is 1.47. The Morgan fingerprint density at radius 3 is 2.94 bits per heavy atom. The van der Waals surface area contributed by atoms with Gasteiger partial charge in [0.2, 0.25) is 0 Å². The van der Waals surface area contributed by atoms with Crippen molar-refractivity contribution in [1.29, 1.82) is 0 Å². The molecule has 0 bridgehead atoms. The van der Waals surface area contributed by atoms with Crippen LogP contribution in [0.3, 0.4) is 0 Å². The van der Waals surface area contributed by atoms with E-state index in [0.29, 0.717) is 11.1 Å². The van der Waals surface area contributed by atoms with Crippen molar-refractivity contribution in [3.8, 4) is 0 Å². The zero-order valence-corrected chi connectivity index (χ0v) is 10.5. The monoisotopic (exact) mass is 237 g/mol. The summed E-state index contributed by atoms with van der Waals surface area (Å²) in [7, 11) is 0. The lowest BCUT2D eigenvalue weighted by Gasteiger charge is -2.27. The standard InChI is InChI=1S/C12H19N3S/c1-2-9-4-3-5-10(8-9)16-12-11(13)14-6-7-15-12/h6-7,9-10H,2-5,8H2,1H3,(H2,13,14). The van der Waals surface area contributed by atoms with Crippen molar-refractivity contribution >= 4 is 17.6 Å². The van der Waals surface area contributed by atoms with Crippen LogP contribution in [0.25, 0.3) is 0 Å². The number of rotatable bonds is 3. The van der Waals surface area contributed by atoms with Crippen LogP contribution in [0, 0.1) is 5.92 Å². The number of anilines is 1. The first-order valence-corrected chi connectivity index (χ1v) is 6.90. The zero-order chi connectivity index (χ0) is 11.4. The van der Waals surface area contributed by atoms with Gasteiger partial charge in [0.1, 0.15) is 5.03 Å². The van der Waals surface area contributed by atoms with Crippen LogP contribution >= 0.6 is 11.8 Å². The molecule has 0 amide bonds. The first-order valence-electron chi connectivity index (χ1n) is 6.02. The van der Waals surface area contributed by atoms with Gasteiger partial charge in [-0.05, 0) is 18.8 Å². The number of hydrogen-bond acceptors (Lipinski definition) is 4. The Labute approximate surface area is 101 Å². The summed E-state index contributed by atoms with van der Waals surface area (Å²) in [5.41, 5.74) is 5.81. The number of aromatic nitrogens is 2. The number of nitrogens with two attached hydrogens (primary N) is 1.